The summed E-state index contributed by atoms with van der Waals surface area (Å²) in [6.45, 7) is 8.39. The van der Waals surface area contributed by atoms with E-state index in [0.717, 1.165) is 28.1 Å². The summed E-state index contributed by atoms with van der Waals surface area (Å²) >= 11 is 1.49. The molecule has 1 atom stereocenters. The number of ether oxygens (including phenoxy) is 2. The van der Waals surface area contributed by atoms with Crippen molar-refractivity contribution in [1.82, 2.24) is 15.1 Å². The van der Waals surface area contributed by atoms with Gasteiger partial charge in [-0.3, -0.25) is 14.5 Å². The average Bonchev–Trinajstić information content (AvgIpc) is 3.61. The monoisotopic (exact) mass is 588 g/mol. The van der Waals surface area contributed by atoms with Crippen LogP contribution in [-0.4, -0.2) is 48.1 Å². The number of hydrogen-bond donors (Lipinski definition) is 1. The van der Waals surface area contributed by atoms with Crippen molar-refractivity contribution in [1.29, 1.82) is 0 Å². The zero-order valence-corrected chi connectivity index (χ0v) is 25.6. The second-order valence-corrected chi connectivity index (χ2v) is 12.3. The summed E-state index contributed by atoms with van der Waals surface area (Å²) in [4.78, 5) is 28.8. The number of nitrogens with zero attached hydrogens (tertiary/aromatic N) is 3. The molecule has 3 heterocycles. The Kier molecular flexibility index (Phi) is 8.36. The largest absolute Gasteiger partial charge is 0.497 e. The number of fused-ring (bicyclic) bond motifs is 1. The van der Waals surface area contributed by atoms with Crippen LogP contribution in [-0.2, 0) is 21.5 Å². The Morgan fingerprint density at radius 1 is 1.12 bits per heavy atom. The summed E-state index contributed by atoms with van der Waals surface area (Å²) in [5.41, 5.74) is 4.08. The van der Waals surface area contributed by atoms with Gasteiger partial charge in [-0.1, -0.05) is 38.5 Å². The van der Waals surface area contributed by atoms with Gasteiger partial charge in [-0.05, 0) is 49.4 Å². The first kappa shape index (κ1) is 29.3. The standard InChI is InChI=1S/C32H36N4O5S/c1-20-9-11-21(12-10-20)36-31-28(30(34-36)32(2,3)4)29(24-16-22(39-5)13-14-25(24)40-6)42-19-27(38)35(31)18-26(37)33-17-23-8-7-15-41-23/h7-16,29H,17-19H2,1-6H3,(H,33,37). The van der Waals surface area contributed by atoms with Gasteiger partial charge in [0.05, 0.1) is 49.4 Å². The average molecular weight is 589 g/mol. The highest BCUT2D eigenvalue weighted by atomic mass is 32.2. The summed E-state index contributed by atoms with van der Waals surface area (Å²) < 4.78 is 18.6. The maximum Gasteiger partial charge on any atom is 0.240 e. The van der Waals surface area contributed by atoms with Gasteiger partial charge < -0.3 is 19.2 Å². The molecule has 1 N–H and O–H groups in total. The van der Waals surface area contributed by atoms with E-state index in [-0.39, 0.29) is 41.3 Å². The highest BCUT2D eigenvalue weighted by Crippen LogP contribution is 2.50. The van der Waals surface area contributed by atoms with Gasteiger partial charge in [-0.2, -0.15) is 5.10 Å². The molecule has 1 aliphatic heterocycles. The van der Waals surface area contributed by atoms with Crippen molar-refractivity contribution < 1.29 is 23.5 Å². The third-order valence-electron chi connectivity index (χ3n) is 7.14. The number of anilines is 1. The number of aryl methyl sites for hydroxylation is 1. The molecule has 0 aliphatic carbocycles. The lowest BCUT2D eigenvalue weighted by molar-refractivity contribution is -0.123. The van der Waals surface area contributed by atoms with Crippen LogP contribution >= 0.6 is 11.8 Å². The molecule has 0 bridgehead atoms. The normalized spacial score (nSPS) is 15.2. The molecule has 0 saturated heterocycles. The van der Waals surface area contributed by atoms with E-state index < -0.39 is 0 Å². The fourth-order valence-corrected chi connectivity index (χ4v) is 6.24. The molecule has 2 aromatic carbocycles. The topological polar surface area (TPSA) is 98.8 Å². The fraction of sp³-hybridized carbons (Fsp3) is 0.344. The van der Waals surface area contributed by atoms with Crippen molar-refractivity contribution in [2.24, 2.45) is 0 Å². The zero-order chi connectivity index (χ0) is 30.0. The SMILES string of the molecule is COc1ccc(OC)c(C2SCC(=O)N(CC(=O)NCc3ccco3)c3c2c(C(C)(C)C)nn3-c2ccc(C)cc2)c1. The van der Waals surface area contributed by atoms with Crippen molar-refractivity contribution >= 4 is 29.4 Å². The van der Waals surface area contributed by atoms with Gasteiger partial charge in [-0.15, -0.1) is 11.8 Å². The number of amides is 2. The number of benzene rings is 2. The molecule has 4 aromatic rings. The van der Waals surface area contributed by atoms with Crippen molar-refractivity contribution in [2.45, 2.75) is 44.9 Å². The summed E-state index contributed by atoms with van der Waals surface area (Å²) in [6.07, 6.45) is 1.56. The first-order valence-corrected chi connectivity index (χ1v) is 14.8. The van der Waals surface area contributed by atoms with Crippen molar-refractivity contribution in [3.63, 3.8) is 0 Å². The lowest BCUT2D eigenvalue weighted by Crippen LogP contribution is -2.42. The third kappa shape index (κ3) is 5.90. The Bertz CT molecular complexity index is 1570. The molecule has 10 heteroatoms. The molecule has 0 radical (unpaired) electrons. The van der Waals surface area contributed by atoms with Crippen molar-refractivity contribution in [3.8, 4) is 17.2 Å². The lowest BCUT2D eigenvalue weighted by Gasteiger charge is -2.25. The molecule has 1 aliphatic rings. The Hall–Kier alpha value is -4.18. The highest BCUT2D eigenvalue weighted by molar-refractivity contribution is 8.00. The van der Waals surface area contributed by atoms with Gasteiger partial charge in [0.25, 0.3) is 0 Å². The molecule has 0 fully saturated rings. The van der Waals surface area contributed by atoms with Crippen LogP contribution < -0.4 is 19.7 Å². The second kappa shape index (κ2) is 12.0. The first-order valence-electron chi connectivity index (χ1n) is 13.7. The van der Waals surface area contributed by atoms with Crippen LogP contribution in [0.3, 0.4) is 0 Å². The minimum absolute atomic E-state index is 0.155. The van der Waals surface area contributed by atoms with E-state index in [1.165, 1.54) is 11.8 Å². The molecule has 9 nitrogen and oxygen atoms in total. The Balaban J connectivity index is 1.71. The number of nitrogens with one attached hydrogen (secondary N) is 1. The second-order valence-electron chi connectivity index (χ2n) is 11.2. The van der Waals surface area contributed by atoms with Crippen LogP contribution in [0.1, 0.15) is 54.2 Å². The molecule has 0 spiro atoms. The highest BCUT2D eigenvalue weighted by Gasteiger charge is 2.40. The number of rotatable bonds is 8. The molecule has 42 heavy (non-hydrogen) atoms. The minimum Gasteiger partial charge on any atom is -0.497 e. The van der Waals surface area contributed by atoms with Gasteiger partial charge in [0.1, 0.15) is 29.6 Å². The van der Waals surface area contributed by atoms with Crippen LogP contribution in [0.2, 0.25) is 0 Å². The van der Waals surface area contributed by atoms with Gasteiger partial charge in [0, 0.05) is 16.5 Å². The van der Waals surface area contributed by atoms with E-state index in [2.05, 4.69) is 26.1 Å². The molecule has 2 aromatic heterocycles. The van der Waals surface area contributed by atoms with Gasteiger partial charge in [0.2, 0.25) is 11.8 Å². The lowest BCUT2D eigenvalue weighted by atomic mass is 9.87. The van der Waals surface area contributed by atoms with Crippen LogP contribution in [0.25, 0.3) is 5.69 Å². The van der Waals surface area contributed by atoms with E-state index in [0.29, 0.717) is 23.1 Å². The summed E-state index contributed by atoms with van der Waals surface area (Å²) in [5.74, 6) is 2.23. The molecule has 220 valence electrons. The van der Waals surface area contributed by atoms with Crippen LogP contribution in [0.5, 0.6) is 11.5 Å². The number of carbonyl (C=O) groups excluding carboxylic acids is 2. The van der Waals surface area contributed by atoms with E-state index in [1.807, 2.05) is 49.4 Å². The molecule has 1 unspecified atom stereocenters. The molecule has 5 rings (SSSR count). The number of carbonyl (C=O) groups is 2. The van der Waals surface area contributed by atoms with Crippen LogP contribution in [0, 0.1) is 6.92 Å². The minimum atomic E-state index is -0.383. The zero-order valence-electron chi connectivity index (χ0n) is 24.8. The first-order chi connectivity index (χ1) is 20.1. The number of thioether (sulfide) groups is 1. The van der Waals surface area contributed by atoms with Gasteiger partial charge in [-0.25, -0.2) is 4.68 Å². The fourth-order valence-electron chi connectivity index (χ4n) is 5.03. The maximum absolute atomic E-state index is 13.9. The third-order valence-corrected chi connectivity index (χ3v) is 8.38. The smallest absolute Gasteiger partial charge is 0.240 e. The number of furan rings is 1. The van der Waals surface area contributed by atoms with E-state index >= 15 is 0 Å². The maximum atomic E-state index is 13.9. The van der Waals surface area contributed by atoms with Gasteiger partial charge in [0.15, 0.2) is 0 Å². The molecule has 2 amide bonds. The van der Waals surface area contributed by atoms with E-state index in [4.69, 9.17) is 19.0 Å². The van der Waals surface area contributed by atoms with Gasteiger partial charge >= 0.3 is 0 Å². The van der Waals surface area contributed by atoms with Crippen LogP contribution in [0.15, 0.2) is 65.3 Å². The summed E-state index contributed by atoms with van der Waals surface area (Å²) in [5, 5.41) is 7.71. The summed E-state index contributed by atoms with van der Waals surface area (Å²) in [7, 11) is 3.26. The van der Waals surface area contributed by atoms with E-state index in [9.17, 15) is 9.59 Å². The summed E-state index contributed by atoms with van der Waals surface area (Å²) in [6, 6.07) is 17.2. The Labute approximate surface area is 250 Å². The van der Waals surface area contributed by atoms with Crippen molar-refractivity contribution in [3.05, 3.63) is 89.0 Å². The van der Waals surface area contributed by atoms with Crippen LogP contribution in [0.4, 0.5) is 5.82 Å². The number of methoxy groups -OCH3 is 2. The number of aromatic nitrogens is 2. The predicted octanol–water partition coefficient (Wildman–Crippen LogP) is 5.57. The molecule has 0 saturated carbocycles. The predicted molar refractivity (Wildman–Crippen MR) is 164 cm³/mol. The van der Waals surface area contributed by atoms with E-state index in [1.54, 1.807) is 42.2 Å². The molecular weight excluding hydrogens is 552 g/mol. The Morgan fingerprint density at radius 2 is 1.88 bits per heavy atom. The van der Waals surface area contributed by atoms with Crippen molar-refractivity contribution in [2.75, 3.05) is 31.4 Å². The quantitative estimate of drug-likeness (QED) is 0.287. The number of hydrogen-bond acceptors (Lipinski definition) is 7. The molecular formula is C32H36N4O5S. The Morgan fingerprint density at radius 3 is 2.52 bits per heavy atom.